The van der Waals surface area contributed by atoms with Crippen LogP contribution in [0.25, 0.3) is 137 Å². The van der Waals surface area contributed by atoms with Crippen LogP contribution in [0.3, 0.4) is 0 Å². The first kappa shape index (κ1) is 36.7. The maximum absolute atomic E-state index is 7.15. The van der Waals surface area contributed by atoms with Crippen molar-refractivity contribution in [3.8, 4) is 50.2 Å². The molecule has 306 valence electrons. The molecule has 12 aromatic carbocycles. The van der Waals surface area contributed by atoms with Gasteiger partial charge in [0.1, 0.15) is 11.2 Å². The first-order valence-electron chi connectivity index (χ1n) is 22.8. The lowest BCUT2D eigenvalue weighted by Gasteiger charge is -2.19. The van der Waals surface area contributed by atoms with Crippen LogP contribution in [0.2, 0.25) is 0 Å². The van der Waals surface area contributed by atoms with Crippen LogP contribution in [0.15, 0.2) is 241 Å². The minimum atomic E-state index is 0.877. The van der Waals surface area contributed by atoms with Crippen molar-refractivity contribution in [2.24, 2.45) is 0 Å². The third-order valence-corrected chi connectivity index (χ3v) is 14.0. The molecule has 0 aliphatic heterocycles. The standard InChI is InChI=1S/C64H39NO/c1-2-19-40(20-3-1)59-45-25-4-8-29-49(45)61(50-30-9-5-26-46(50)59)53-33-18-38-58-63(53)55-35-17-34-54(64(55)66-58)62-51-31-10-6-27-47(51)60(48-28-7-11-32-52(48)62)41-21-16-22-42(39-41)65-56-36-14-12-23-43(56)44-24-13-15-37-57(44)65/h1-39H. The molecule has 2 nitrogen and oxygen atoms in total. The molecule has 0 aliphatic carbocycles. The molecule has 0 radical (unpaired) electrons. The Morgan fingerprint density at radius 2 is 0.667 bits per heavy atom. The van der Waals surface area contributed by atoms with E-state index in [-0.39, 0.29) is 0 Å². The molecule has 0 atom stereocenters. The fourth-order valence-corrected chi connectivity index (χ4v) is 11.3. The van der Waals surface area contributed by atoms with Gasteiger partial charge in [0.25, 0.3) is 0 Å². The van der Waals surface area contributed by atoms with Gasteiger partial charge in [-0.2, -0.15) is 0 Å². The Hall–Kier alpha value is -8.72. The number of nitrogens with zero attached hydrogens (tertiary/aromatic N) is 1. The van der Waals surface area contributed by atoms with Crippen LogP contribution in [0, 0.1) is 0 Å². The summed E-state index contributed by atoms with van der Waals surface area (Å²) in [5, 5.41) is 14.5. The van der Waals surface area contributed by atoms with E-state index in [9.17, 15) is 0 Å². The van der Waals surface area contributed by atoms with Gasteiger partial charge in [0.15, 0.2) is 0 Å². The first-order chi connectivity index (χ1) is 32.8. The highest BCUT2D eigenvalue weighted by molar-refractivity contribution is 6.28. The van der Waals surface area contributed by atoms with Crippen LogP contribution in [0.4, 0.5) is 0 Å². The van der Waals surface area contributed by atoms with Crippen LogP contribution in [-0.4, -0.2) is 4.57 Å². The quantitative estimate of drug-likeness (QED) is 0.158. The topological polar surface area (TPSA) is 18.1 Å². The average Bonchev–Trinajstić information content (AvgIpc) is 3.94. The van der Waals surface area contributed by atoms with E-state index in [0.29, 0.717) is 0 Å². The Morgan fingerprint density at radius 1 is 0.273 bits per heavy atom. The smallest absolute Gasteiger partial charge is 0.143 e. The highest BCUT2D eigenvalue weighted by Crippen LogP contribution is 2.50. The van der Waals surface area contributed by atoms with Crippen LogP contribution < -0.4 is 0 Å². The zero-order valence-corrected chi connectivity index (χ0v) is 35.9. The van der Waals surface area contributed by atoms with Gasteiger partial charge < -0.3 is 8.98 Å². The van der Waals surface area contributed by atoms with Crippen molar-refractivity contribution in [2.45, 2.75) is 0 Å². The summed E-state index contributed by atoms with van der Waals surface area (Å²) in [7, 11) is 0. The predicted molar refractivity (Wildman–Crippen MR) is 280 cm³/mol. The molecule has 0 N–H and O–H groups in total. The number of rotatable bonds is 5. The Labute approximate surface area is 380 Å². The summed E-state index contributed by atoms with van der Waals surface area (Å²) in [6, 6.07) is 86.3. The van der Waals surface area contributed by atoms with Crippen LogP contribution in [0.5, 0.6) is 0 Å². The first-order valence-corrected chi connectivity index (χ1v) is 22.8. The predicted octanol–water partition coefficient (Wildman–Crippen LogP) is 18.0. The van der Waals surface area contributed by atoms with Crippen LogP contribution >= 0.6 is 0 Å². The molecule has 14 aromatic rings. The molecule has 2 heterocycles. The Balaban J connectivity index is 1.01. The van der Waals surface area contributed by atoms with Crippen molar-refractivity contribution in [1.82, 2.24) is 4.57 Å². The van der Waals surface area contributed by atoms with Crippen LogP contribution in [-0.2, 0) is 0 Å². The molecular weight excluding hydrogens is 799 g/mol. The van der Waals surface area contributed by atoms with Gasteiger partial charge in [0.2, 0.25) is 0 Å². The number of hydrogen-bond donors (Lipinski definition) is 0. The second-order valence-electron chi connectivity index (χ2n) is 17.4. The van der Waals surface area contributed by atoms with Gasteiger partial charge in [-0.3, -0.25) is 0 Å². The van der Waals surface area contributed by atoms with Gasteiger partial charge in [0, 0.05) is 38.4 Å². The number of para-hydroxylation sites is 3. The molecule has 0 saturated heterocycles. The lowest BCUT2D eigenvalue weighted by atomic mass is 9.84. The summed E-state index contributed by atoms with van der Waals surface area (Å²) < 4.78 is 9.56. The van der Waals surface area contributed by atoms with Crippen LogP contribution in [0.1, 0.15) is 0 Å². The molecule has 0 aliphatic rings. The summed E-state index contributed by atoms with van der Waals surface area (Å²) >= 11 is 0. The van der Waals surface area contributed by atoms with Gasteiger partial charge >= 0.3 is 0 Å². The van der Waals surface area contributed by atoms with E-state index in [4.69, 9.17) is 4.42 Å². The molecule has 2 aromatic heterocycles. The minimum Gasteiger partial charge on any atom is -0.455 e. The van der Waals surface area contributed by atoms with E-state index >= 15 is 0 Å². The van der Waals surface area contributed by atoms with Gasteiger partial charge in [-0.25, -0.2) is 0 Å². The third kappa shape index (κ3) is 5.30. The van der Waals surface area contributed by atoms with E-state index in [1.165, 1.54) is 104 Å². The summed E-state index contributed by atoms with van der Waals surface area (Å²) in [5.74, 6) is 0. The number of benzene rings is 12. The SMILES string of the molecule is c1ccc(-c2c3ccccc3c(-c3cccc4oc5c(-c6c7ccccc7c(-c7cccc(-n8c9ccccc9c9ccccc98)c7)c7ccccc67)cccc5c34)c3ccccc23)cc1. The molecule has 2 heteroatoms. The fourth-order valence-electron chi connectivity index (χ4n) is 11.3. The molecule has 0 bridgehead atoms. The second kappa shape index (κ2) is 14.4. The monoisotopic (exact) mass is 837 g/mol. The molecule has 14 rings (SSSR count). The number of fused-ring (bicyclic) bond motifs is 10. The van der Waals surface area contributed by atoms with Gasteiger partial charge in [-0.05, 0) is 107 Å². The minimum absolute atomic E-state index is 0.877. The van der Waals surface area contributed by atoms with Crippen molar-refractivity contribution >= 4 is 86.8 Å². The number of aromatic nitrogens is 1. The molecule has 0 amide bonds. The average molecular weight is 838 g/mol. The Kier molecular flexibility index (Phi) is 8.02. The van der Waals surface area contributed by atoms with Crippen molar-refractivity contribution in [3.05, 3.63) is 237 Å². The summed E-state index contributed by atoms with van der Waals surface area (Å²) in [4.78, 5) is 0. The van der Waals surface area contributed by atoms with Crippen molar-refractivity contribution in [2.75, 3.05) is 0 Å². The Morgan fingerprint density at radius 3 is 1.23 bits per heavy atom. The third-order valence-electron chi connectivity index (χ3n) is 14.0. The van der Waals surface area contributed by atoms with E-state index in [1.54, 1.807) is 0 Å². The summed E-state index contributed by atoms with van der Waals surface area (Å²) in [6.45, 7) is 0. The normalized spacial score (nSPS) is 11.9. The van der Waals surface area contributed by atoms with Gasteiger partial charge in [0.05, 0.1) is 11.0 Å². The second-order valence-corrected chi connectivity index (χ2v) is 17.4. The van der Waals surface area contributed by atoms with Crippen molar-refractivity contribution < 1.29 is 4.42 Å². The zero-order chi connectivity index (χ0) is 43.3. The van der Waals surface area contributed by atoms with Crippen molar-refractivity contribution in [1.29, 1.82) is 0 Å². The van der Waals surface area contributed by atoms with E-state index in [2.05, 4.69) is 241 Å². The van der Waals surface area contributed by atoms with E-state index in [1.807, 2.05) is 0 Å². The lowest BCUT2D eigenvalue weighted by molar-refractivity contribution is 0.670. The summed E-state index contributed by atoms with van der Waals surface area (Å²) in [6.07, 6.45) is 0. The molecular formula is C64H39NO. The molecule has 0 saturated carbocycles. The Bertz CT molecular complexity index is 4120. The highest BCUT2D eigenvalue weighted by atomic mass is 16.3. The molecule has 0 fully saturated rings. The fraction of sp³-hybridized carbons (Fsp3) is 0. The maximum atomic E-state index is 7.15. The number of hydrogen-bond acceptors (Lipinski definition) is 1. The lowest BCUT2D eigenvalue weighted by Crippen LogP contribution is -1.95. The van der Waals surface area contributed by atoms with Gasteiger partial charge in [-0.1, -0.05) is 206 Å². The van der Waals surface area contributed by atoms with Gasteiger partial charge in [-0.15, -0.1) is 0 Å². The zero-order valence-electron chi connectivity index (χ0n) is 35.9. The largest absolute Gasteiger partial charge is 0.455 e. The molecule has 0 spiro atoms. The number of furan rings is 1. The summed E-state index contributed by atoms with van der Waals surface area (Å²) in [5.41, 5.74) is 14.9. The molecule has 0 unspecified atom stereocenters. The maximum Gasteiger partial charge on any atom is 0.143 e. The highest BCUT2D eigenvalue weighted by Gasteiger charge is 2.24. The van der Waals surface area contributed by atoms with E-state index < -0.39 is 0 Å². The van der Waals surface area contributed by atoms with Crippen molar-refractivity contribution in [3.63, 3.8) is 0 Å². The molecule has 66 heavy (non-hydrogen) atoms. The van der Waals surface area contributed by atoms with E-state index in [0.717, 1.165) is 33.2 Å².